The van der Waals surface area contributed by atoms with Gasteiger partial charge in [-0.2, -0.15) is 0 Å². The van der Waals surface area contributed by atoms with E-state index in [1.807, 2.05) is 68.4 Å². The highest BCUT2D eigenvalue weighted by atomic mass is 16.5. The Bertz CT molecular complexity index is 1050. The normalized spacial score (nSPS) is 13.2. The van der Waals surface area contributed by atoms with Crippen molar-refractivity contribution < 1.29 is 14.3 Å². The Labute approximate surface area is 188 Å². The summed E-state index contributed by atoms with van der Waals surface area (Å²) in [5, 5.41) is 5.65. The van der Waals surface area contributed by atoms with Crippen molar-refractivity contribution in [1.82, 2.24) is 10.6 Å². The van der Waals surface area contributed by atoms with E-state index in [1.54, 1.807) is 0 Å². The van der Waals surface area contributed by atoms with Gasteiger partial charge in [0.25, 0.3) is 0 Å². The molecule has 0 heterocycles. The van der Waals surface area contributed by atoms with Crippen LogP contribution in [0.3, 0.4) is 0 Å². The summed E-state index contributed by atoms with van der Waals surface area (Å²) in [6, 6.07) is 25.3. The van der Waals surface area contributed by atoms with Crippen molar-refractivity contribution in [2.45, 2.75) is 38.3 Å². The molecular weight excluding hydrogens is 400 g/mol. The molecule has 1 aliphatic carbocycles. The number of ether oxygens (including phenoxy) is 1. The number of benzene rings is 3. The van der Waals surface area contributed by atoms with Crippen LogP contribution in [0.2, 0.25) is 0 Å². The van der Waals surface area contributed by atoms with Crippen LogP contribution in [-0.4, -0.2) is 30.7 Å². The summed E-state index contributed by atoms with van der Waals surface area (Å²) in [7, 11) is 0. The number of nitrogens with one attached hydrogen (secondary N) is 2. The highest BCUT2D eigenvalue weighted by Gasteiger charge is 2.30. The Balaban J connectivity index is 1.45. The molecule has 4 rings (SSSR count). The zero-order valence-corrected chi connectivity index (χ0v) is 18.4. The van der Waals surface area contributed by atoms with Gasteiger partial charge < -0.3 is 15.4 Å². The largest absolute Gasteiger partial charge is 0.449 e. The van der Waals surface area contributed by atoms with Crippen molar-refractivity contribution in [1.29, 1.82) is 0 Å². The van der Waals surface area contributed by atoms with Crippen molar-refractivity contribution in [2.75, 3.05) is 6.61 Å². The van der Waals surface area contributed by atoms with Gasteiger partial charge in [-0.05, 0) is 41.7 Å². The third-order valence-corrected chi connectivity index (χ3v) is 5.67. The van der Waals surface area contributed by atoms with Gasteiger partial charge in [0.2, 0.25) is 5.91 Å². The molecule has 32 heavy (non-hydrogen) atoms. The molecule has 5 heteroatoms. The van der Waals surface area contributed by atoms with E-state index in [-0.39, 0.29) is 24.5 Å². The summed E-state index contributed by atoms with van der Waals surface area (Å²) in [5.74, 6) is -0.248. The van der Waals surface area contributed by atoms with Crippen molar-refractivity contribution in [3.8, 4) is 11.1 Å². The van der Waals surface area contributed by atoms with Gasteiger partial charge in [0.05, 0.1) is 0 Å². The second kappa shape index (κ2) is 9.69. The first kappa shape index (κ1) is 21.6. The van der Waals surface area contributed by atoms with Gasteiger partial charge in [-0.15, -0.1) is 0 Å². The molecule has 0 saturated carbocycles. The molecule has 1 atom stereocenters. The number of hydrogen-bond acceptors (Lipinski definition) is 3. The van der Waals surface area contributed by atoms with E-state index in [2.05, 4.69) is 34.9 Å². The van der Waals surface area contributed by atoms with E-state index in [0.29, 0.717) is 6.42 Å². The topological polar surface area (TPSA) is 67.4 Å². The third-order valence-electron chi connectivity index (χ3n) is 5.67. The fourth-order valence-electron chi connectivity index (χ4n) is 4.23. The van der Waals surface area contributed by atoms with E-state index in [9.17, 15) is 9.59 Å². The zero-order valence-electron chi connectivity index (χ0n) is 18.4. The summed E-state index contributed by atoms with van der Waals surface area (Å²) < 4.78 is 5.63. The number of alkyl carbamates (subject to hydrolysis) is 1. The van der Waals surface area contributed by atoms with Crippen LogP contribution >= 0.6 is 0 Å². The van der Waals surface area contributed by atoms with Crippen LogP contribution in [0.4, 0.5) is 4.79 Å². The monoisotopic (exact) mass is 428 g/mol. The molecule has 0 saturated heterocycles. The Morgan fingerprint density at radius 1 is 0.812 bits per heavy atom. The van der Waals surface area contributed by atoms with Crippen molar-refractivity contribution in [3.63, 3.8) is 0 Å². The molecular formula is C27H28N2O3. The highest BCUT2D eigenvalue weighted by molar-refractivity contribution is 5.86. The number of carbonyl (C=O) groups is 2. The summed E-state index contributed by atoms with van der Waals surface area (Å²) >= 11 is 0. The third kappa shape index (κ3) is 4.83. The molecule has 0 spiro atoms. The first-order valence-electron chi connectivity index (χ1n) is 11.0. The highest BCUT2D eigenvalue weighted by Crippen LogP contribution is 2.44. The first-order valence-corrected chi connectivity index (χ1v) is 11.0. The minimum Gasteiger partial charge on any atom is -0.449 e. The quantitative estimate of drug-likeness (QED) is 0.575. The summed E-state index contributed by atoms with van der Waals surface area (Å²) in [4.78, 5) is 25.4. The lowest BCUT2D eigenvalue weighted by Gasteiger charge is -2.21. The molecule has 0 fully saturated rings. The molecule has 1 aliphatic rings. The molecule has 0 bridgehead atoms. The van der Waals surface area contributed by atoms with Crippen LogP contribution in [0.15, 0.2) is 78.9 Å². The smallest absolute Gasteiger partial charge is 0.407 e. The average Bonchev–Trinajstić information content (AvgIpc) is 3.11. The van der Waals surface area contributed by atoms with Crippen molar-refractivity contribution in [2.24, 2.45) is 0 Å². The first-order chi connectivity index (χ1) is 15.5. The molecule has 2 N–H and O–H groups in total. The van der Waals surface area contributed by atoms with Crippen LogP contribution < -0.4 is 10.6 Å². The molecule has 2 amide bonds. The Kier molecular flexibility index (Phi) is 6.55. The molecule has 0 aromatic heterocycles. The van der Waals surface area contributed by atoms with Gasteiger partial charge in [-0.3, -0.25) is 4.79 Å². The van der Waals surface area contributed by atoms with Crippen LogP contribution in [0.5, 0.6) is 0 Å². The average molecular weight is 429 g/mol. The number of amides is 2. The summed E-state index contributed by atoms with van der Waals surface area (Å²) in [5.41, 5.74) is 5.63. The summed E-state index contributed by atoms with van der Waals surface area (Å²) in [6.45, 7) is 4.00. The second-order valence-electron chi connectivity index (χ2n) is 8.38. The lowest BCUT2D eigenvalue weighted by Crippen LogP contribution is -2.50. The molecule has 0 aliphatic heterocycles. The van der Waals surface area contributed by atoms with Crippen molar-refractivity contribution >= 4 is 12.0 Å². The van der Waals surface area contributed by atoms with Crippen molar-refractivity contribution in [3.05, 3.63) is 95.6 Å². The Morgan fingerprint density at radius 2 is 1.38 bits per heavy atom. The van der Waals surface area contributed by atoms with Gasteiger partial charge >= 0.3 is 6.09 Å². The van der Waals surface area contributed by atoms with Gasteiger partial charge in [0.15, 0.2) is 0 Å². The van der Waals surface area contributed by atoms with Crippen LogP contribution in [0.1, 0.15) is 36.5 Å². The Hall–Kier alpha value is -3.60. The minimum atomic E-state index is -0.713. The van der Waals surface area contributed by atoms with Crippen LogP contribution in [-0.2, 0) is 16.0 Å². The van der Waals surface area contributed by atoms with E-state index < -0.39 is 12.1 Å². The molecule has 164 valence electrons. The maximum absolute atomic E-state index is 12.7. The molecule has 5 nitrogen and oxygen atoms in total. The van der Waals surface area contributed by atoms with E-state index in [4.69, 9.17) is 4.74 Å². The van der Waals surface area contributed by atoms with Gasteiger partial charge in [0, 0.05) is 18.4 Å². The van der Waals surface area contributed by atoms with Gasteiger partial charge in [-0.25, -0.2) is 4.79 Å². The number of carbonyl (C=O) groups excluding carboxylic acids is 2. The fourth-order valence-corrected chi connectivity index (χ4v) is 4.23. The lowest BCUT2D eigenvalue weighted by atomic mass is 9.98. The van der Waals surface area contributed by atoms with Crippen LogP contribution in [0, 0.1) is 0 Å². The van der Waals surface area contributed by atoms with Gasteiger partial charge in [0.1, 0.15) is 12.6 Å². The zero-order chi connectivity index (χ0) is 22.5. The number of fused-ring (bicyclic) bond motifs is 3. The number of hydrogen-bond donors (Lipinski definition) is 2. The predicted molar refractivity (Wildman–Crippen MR) is 125 cm³/mol. The predicted octanol–water partition coefficient (Wildman–Crippen LogP) is 4.66. The van der Waals surface area contributed by atoms with E-state index in [0.717, 1.165) is 16.7 Å². The minimum absolute atomic E-state index is 0.0230. The molecule has 3 aromatic carbocycles. The SMILES string of the molecule is CC(C)NC(=O)[C@H](Cc1ccccc1)NC(=O)OCC1c2ccccc2-c2ccccc21. The Morgan fingerprint density at radius 3 is 1.97 bits per heavy atom. The van der Waals surface area contributed by atoms with Crippen LogP contribution in [0.25, 0.3) is 11.1 Å². The standard InChI is InChI=1S/C27H28N2O3/c1-18(2)28-26(30)25(16-19-10-4-3-5-11-19)29-27(31)32-17-24-22-14-8-6-12-20(22)21-13-7-9-15-23(21)24/h3-15,18,24-25H,16-17H2,1-2H3,(H,28,30)(H,29,31)/t25-/m0/s1. The van der Waals surface area contributed by atoms with Gasteiger partial charge in [-0.1, -0.05) is 78.9 Å². The summed E-state index contributed by atoms with van der Waals surface area (Å²) in [6.07, 6.45) is -0.199. The molecule has 0 unspecified atom stereocenters. The molecule has 3 aromatic rings. The fraction of sp³-hybridized carbons (Fsp3) is 0.259. The molecule has 0 radical (unpaired) electrons. The maximum atomic E-state index is 12.7. The van der Waals surface area contributed by atoms with E-state index in [1.165, 1.54) is 11.1 Å². The maximum Gasteiger partial charge on any atom is 0.407 e. The lowest BCUT2D eigenvalue weighted by molar-refractivity contribution is -0.123. The van der Waals surface area contributed by atoms with E-state index >= 15 is 0 Å². The second-order valence-corrected chi connectivity index (χ2v) is 8.38. The number of rotatable bonds is 7.